The van der Waals surface area contributed by atoms with E-state index in [4.69, 9.17) is 11.6 Å². The summed E-state index contributed by atoms with van der Waals surface area (Å²) in [4.78, 5) is 6.49. The van der Waals surface area contributed by atoms with Crippen molar-refractivity contribution in [3.8, 4) is 0 Å². The minimum absolute atomic E-state index is 0.499. The van der Waals surface area contributed by atoms with Crippen LogP contribution in [0.3, 0.4) is 0 Å². The molecule has 0 saturated heterocycles. The lowest BCUT2D eigenvalue weighted by molar-refractivity contribution is 0.502. The first-order valence-electron chi connectivity index (χ1n) is 5.35. The molecule has 0 fully saturated rings. The van der Waals surface area contributed by atoms with Gasteiger partial charge in [-0.3, -0.25) is 0 Å². The smallest absolute Gasteiger partial charge is 0.128 e. The summed E-state index contributed by atoms with van der Waals surface area (Å²) in [5.41, 5.74) is 0. The number of rotatable bonds is 4. The summed E-state index contributed by atoms with van der Waals surface area (Å²) in [5, 5.41) is 0.684. The van der Waals surface area contributed by atoms with Crippen molar-refractivity contribution in [2.24, 2.45) is 5.92 Å². The lowest BCUT2D eigenvalue weighted by Gasteiger charge is -2.27. The van der Waals surface area contributed by atoms with Crippen LogP contribution in [0.1, 0.15) is 27.2 Å². The zero-order chi connectivity index (χ0) is 11.4. The Kier molecular flexibility index (Phi) is 4.40. The highest BCUT2D eigenvalue weighted by Crippen LogP contribution is 2.18. The molecule has 1 aromatic rings. The van der Waals surface area contributed by atoms with Crippen LogP contribution < -0.4 is 4.90 Å². The van der Waals surface area contributed by atoms with Crippen molar-refractivity contribution in [3.05, 3.63) is 23.4 Å². The summed E-state index contributed by atoms with van der Waals surface area (Å²) in [6, 6.07) is 4.33. The zero-order valence-corrected chi connectivity index (χ0v) is 10.6. The van der Waals surface area contributed by atoms with Gasteiger partial charge in [0.05, 0.1) is 5.02 Å². The topological polar surface area (TPSA) is 16.1 Å². The van der Waals surface area contributed by atoms with E-state index in [1.54, 1.807) is 6.20 Å². The van der Waals surface area contributed by atoms with E-state index >= 15 is 0 Å². The number of aromatic nitrogens is 1. The summed E-state index contributed by atoms with van der Waals surface area (Å²) in [6.07, 6.45) is 2.86. The number of nitrogens with zero attached hydrogens (tertiary/aromatic N) is 2. The number of halogens is 1. The molecule has 0 saturated carbocycles. The molecule has 3 heteroatoms. The second-order valence-corrected chi connectivity index (χ2v) is 4.86. The first-order chi connectivity index (χ1) is 7.00. The van der Waals surface area contributed by atoms with E-state index in [0.29, 0.717) is 17.0 Å². The van der Waals surface area contributed by atoms with Crippen LogP contribution in [0.25, 0.3) is 0 Å². The molecule has 0 aromatic carbocycles. The second-order valence-electron chi connectivity index (χ2n) is 4.42. The molecule has 1 heterocycles. The molecule has 1 rings (SSSR count). The maximum absolute atomic E-state index is 5.80. The molecule has 15 heavy (non-hydrogen) atoms. The summed E-state index contributed by atoms with van der Waals surface area (Å²) >= 11 is 5.80. The van der Waals surface area contributed by atoms with E-state index in [1.165, 1.54) is 6.42 Å². The molecule has 0 spiro atoms. The lowest BCUT2D eigenvalue weighted by atomic mass is 10.0. The normalized spacial score (nSPS) is 12.9. The molecular formula is C12H19ClN2. The van der Waals surface area contributed by atoms with Crippen molar-refractivity contribution in [2.75, 3.05) is 11.9 Å². The Bertz CT molecular complexity index is 295. The third-order valence-electron chi connectivity index (χ3n) is 2.55. The third kappa shape index (κ3) is 3.71. The van der Waals surface area contributed by atoms with E-state index in [2.05, 4.69) is 37.7 Å². The van der Waals surface area contributed by atoms with E-state index < -0.39 is 0 Å². The molecule has 0 aliphatic carbocycles. The molecule has 1 atom stereocenters. The second kappa shape index (κ2) is 5.36. The molecule has 2 nitrogen and oxygen atoms in total. The Morgan fingerprint density at radius 3 is 2.47 bits per heavy atom. The van der Waals surface area contributed by atoms with Gasteiger partial charge in [-0.1, -0.05) is 25.4 Å². The monoisotopic (exact) mass is 226 g/mol. The maximum atomic E-state index is 5.80. The maximum Gasteiger partial charge on any atom is 0.128 e. The van der Waals surface area contributed by atoms with Crippen LogP contribution in [0.15, 0.2) is 18.3 Å². The summed E-state index contributed by atoms with van der Waals surface area (Å²) < 4.78 is 0. The van der Waals surface area contributed by atoms with Gasteiger partial charge in [0.2, 0.25) is 0 Å². The Balaban J connectivity index is 2.67. The minimum atomic E-state index is 0.499. The first-order valence-corrected chi connectivity index (χ1v) is 5.73. The van der Waals surface area contributed by atoms with Crippen LogP contribution in [-0.4, -0.2) is 18.1 Å². The number of hydrogen-bond acceptors (Lipinski definition) is 2. The van der Waals surface area contributed by atoms with Crippen molar-refractivity contribution < 1.29 is 0 Å². The molecule has 0 bridgehead atoms. The lowest BCUT2D eigenvalue weighted by Crippen LogP contribution is -2.30. The molecule has 0 aliphatic rings. The third-order valence-corrected chi connectivity index (χ3v) is 2.77. The minimum Gasteiger partial charge on any atom is -0.357 e. The van der Waals surface area contributed by atoms with Crippen LogP contribution in [0, 0.1) is 5.92 Å². The van der Waals surface area contributed by atoms with Crippen LogP contribution >= 0.6 is 11.6 Å². The number of hydrogen-bond donors (Lipinski definition) is 0. The largest absolute Gasteiger partial charge is 0.357 e. The number of anilines is 1. The summed E-state index contributed by atoms with van der Waals surface area (Å²) in [6.45, 7) is 6.69. The average Bonchev–Trinajstić information content (AvgIpc) is 2.17. The Morgan fingerprint density at radius 1 is 1.33 bits per heavy atom. The van der Waals surface area contributed by atoms with Crippen molar-refractivity contribution in [1.82, 2.24) is 4.98 Å². The van der Waals surface area contributed by atoms with Crippen molar-refractivity contribution >= 4 is 17.4 Å². The van der Waals surface area contributed by atoms with Crippen molar-refractivity contribution in [2.45, 2.75) is 33.2 Å². The molecular weight excluding hydrogens is 208 g/mol. The van der Waals surface area contributed by atoms with Gasteiger partial charge in [0.15, 0.2) is 0 Å². The molecule has 84 valence electrons. The quantitative estimate of drug-likeness (QED) is 0.780. The molecule has 0 aliphatic heterocycles. The fourth-order valence-corrected chi connectivity index (χ4v) is 1.75. The van der Waals surface area contributed by atoms with Crippen molar-refractivity contribution in [1.29, 1.82) is 0 Å². The summed E-state index contributed by atoms with van der Waals surface area (Å²) in [7, 11) is 2.07. The van der Waals surface area contributed by atoms with E-state index in [-0.39, 0.29) is 0 Å². The van der Waals surface area contributed by atoms with Gasteiger partial charge in [-0.2, -0.15) is 0 Å². The van der Waals surface area contributed by atoms with Gasteiger partial charge in [-0.15, -0.1) is 0 Å². The van der Waals surface area contributed by atoms with Gasteiger partial charge >= 0.3 is 0 Å². The predicted molar refractivity (Wildman–Crippen MR) is 66.6 cm³/mol. The van der Waals surface area contributed by atoms with Crippen LogP contribution in [-0.2, 0) is 0 Å². The van der Waals surface area contributed by atoms with Gasteiger partial charge in [0.25, 0.3) is 0 Å². The number of pyridine rings is 1. The van der Waals surface area contributed by atoms with Crippen molar-refractivity contribution in [3.63, 3.8) is 0 Å². The van der Waals surface area contributed by atoms with E-state index in [1.807, 2.05) is 12.1 Å². The van der Waals surface area contributed by atoms with E-state index in [9.17, 15) is 0 Å². The fourth-order valence-electron chi connectivity index (χ4n) is 1.64. The molecule has 1 unspecified atom stereocenters. The average molecular weight is 227 g/mol. The van der Waals surface area contributed by atoms with Gasteiger partial charge in [-0.25, -0.2) is 4.98 Å². The van der Waals surface area contributed by atoms with Gasteiger partial charge < -0.3 is 4.90 Å². The summed E-state index contributed by atoms with van der Waals surface area (Å²) in [5.74, 6) is 1.68. The Hall–Kier alpha value is -0.760. The molecule has 0 radical (unpaired) electrons. The highest BCUT2D eigenvalue weighted by molar-refractivity contribution is 6.30. The molecule has 0 amide bonds. The predicted octanol–water partition coefficient (Wildman–Crippen LogP) is 3.61. The first kappa shape index (κ1) is 12.3. The van der Waals surface area contributed by atoms with Crippen LogP contribution in [0.2, 0.25) is 5.02 Å². The molecule has 1 aromatic heterocycles. The zero-order valence-electron chi connectivity index (χ0n) is 9.87. The van der Waals surface area contributed by atoms with Gasteiger partial charge in [-0.05, 0) is 31.4 Å². The Labute approximate surface area is 97.3 Å². The Morgan fingerprint density at radius 2 is 2.00 bits per heavy atom. The SMILES string of the molecule is CC(C)CC(C)N(C)c1ccc(Cl)cn1. The highest BCUT2D eigenvalue weighted by atomic mass is 35.5. The van der Waals surface area contributed by atoms with Gasteiger partial charge in [0.1, 0.15) is 5.82 Å². The van der Waals surface area contributed by atoms with Crippen LogP contribution in [0.5, 0.6) is 0 Å². The van der Waals surface area contributed by atoms with Crippen LogP contribution in [0.4, 0.5) is 5.82 Å². The standard InChI is InChI=1S/C12H19ClN2/c1-9(2)7-10(3)15(4)12-6-5-11(13)8-14-12/h5-6,8-10H,7H2,1-4H3. The fraction of sp³-hybridized carbons (Fsp3) is 0.583. The molecule has 0 N–H and O–H groups in total. The van der Waals surface area contributed by atoms with E-state index in [0.717, 1.165) is 5.82 Å². The van der Waals surface area contributed by atoms with Gasteiger partial charge in [0, 0.05) is 19.3 Å². The highest BCUT2D eigenvalue weighted by Gasteiger charge is 2.12.